The molecule has 66 heavy (non-hydrogen) atoms. The number of hydrogen-bond donors (Lipinski definition) is 0. The summed E-state index contributed by atoms with van der Waals surface area (Å²) in [5.74, 6) is 0.768. The summed E-state index contributed by atoms with van der Waals surface area (Å²) in [5, 5.41) is 1.55. The summed E-state index contributed by atoms with van der Waals surface area (Å²) in [6, 6.07) is 44.4. The number of fused-ring (bicyclic) bond motifs is 4. The minimum Gasteiger partial charge on any atom is -0.509 e. The zero-order chi connectivity index (χ0) is 48.9. The number of nitrogens with zero attached hydrogens (tertiary/aromatic N) is 4. The van der Waals surface area contributed by atoms with Crippen molar-refractivity contribution in [1.29, 1.82) is 0 Å². The van der Waals surface area contributed by atoms with Gasteiger partial charge in [-0.05, 0) is 110 Å². The topological polar surface area (TPSA) is 33.5 Å². The van der Waals surface area contributed by atoms with Gasteiger partial charge >= 0.3 is 0 Å². The molecule has 0 unspecified atom stereocenters. The number of hydrogen-bond acceptors (Lipinski definition) is 4. The predicted octanol–water partition coefficient (Wildman–Crippen LogP) is 16.3. The number of ether oxygens (including phenoxy) is 1. The first kappa shape index (κ1) is 42.9. The van der Waals surface area contributed by atoms with E-state index >= 15 is 4.39 Å². The van der Waals surface area contributed by atoms with E-state index in [1.165, 1.54) is 28.8 Å². The summed E-state index contributed by atoms with van der Waals surface area (Å²) in [4.78, 5) is 9.32. The Hall–Kier alpha value is -5.71. The molecule has 8 aromatic rings. The van der Waals surface area contributed by atoms with Crippen molar-refractivity contribution in [2.45, 2.75) is 112 Å². The van der Waals surface area contributed by atoms with Crippen molar-refractivity contribution in [2.24, 2.45) is 0 Å². The van der Waals surface area contributed by atoms with Gasteiger partial charge in [-0.1, -0.05) is 131 Å². The number of anilines is 4. The Morgan fingerprint density at radius 3 is 1.94 bits per heavy atom. The van der Waals surface area contributed by atoms with Crippen molar-refractivity contribution in [1.82, 2.24) is 9.55 Å². The third-order valence-electron chi connectivity index (χ3n) is 12.5. The largest absolute Gasteiger partial charge is 0.509 e. The Morgan fingerprint density at radius 1 is 0.606 bits per heavy atom. The van der Waals surface area contributed by atoms with Crippen molar-refractivity contribution in [3.8, 4) is 28.4 Å². The van der Waals surface area contributed by atoms with Gasteiger partial charge in [0, 0.05) is 71.0 Å². The van der Waals surface area contributed by atoms with E-state index in [-0.39, 0.29) is 48.3 Å². The van der Waals surface area contributed by atoms with Crippen LogP contribution in [0.1, 0.15) is 115 Å². The van der Waals surface area contributed by atoms with Crippen molar-refractivity contribution in [3.63, 3.8) is 0 Å². The summed E-state index contributed by atoms with van der Waals surface area (Å²) in [5.41, 5.74) is 11.0. The molecule has 0 saturated heterocycles. The van der Waals surface area contributed by atoms with Gasteiger partial charge in [0.05, 0.1) is 0 Å². The van der Waals surface area contributed by atoms with Crippen molar-refractivity contribution >= 4 is 44.6 Å². The van der Waals surface area contributed by atoms with Gasteiger partial charge in [0.2, 0.25) is 0 Å². The van der Waals surface area contributed by atoms with Crippen molar-refractivity contribution < 1.29 is 34.3 Å². The van der Waals surface area contributed by atoms with Gasteiger partial charge in [-0.3, -0.25) is 0 Å². The first-order valence-electron chi connectivity index (χ1n) is 24.0. The minimum atomic E-state index is -2.47. The first-order valence-corrected chi connectivity index (χ1v) is 22.5. The molecular weight excluding hydrogens is 995 g/mol. The molecule has 0 bridgehead atoms. The van der Waals surface area contributed by atoms with Crippen LogP contribution in [0.4, 0.5) is 27.1 Å². The molecule has 6 aromatic carbocycles. The van der Waals surface area contributed by atoms with Crippen LogP contribution in [-0.4, -0.2) is 9.55 Å². The van der Waals surface area contributed by atoms with E-state index in [2.05, 4.69) is 148 Å². The van der Waals surface area contributed by atoms with Crippen LogP contribution in [0.2, 0.25) is 0 Å². The first-order chi connectivity index (χ1) is 31.7. The molecule has 0 saturated carbocycles. The van der Waals surface area contributed by atoms with Gasteiger partial charge < -0.3 is 19.1 Å². The summed E-state index contributed by atoms with van der Waals surface area (Å²) >= 11 is 0. The summed E-state index contributed by atoms with van der Waals surface area (Å²) in [7, 11) is 0. The average molecular weight is 1060 g/mol. The van der Waals surface area contributed by atoms with Crippen LogP contribution in [0.3, 0.4) is 0 Å². The van der Waals surface area contributed by atoms with Gasteiger partial charge in [0.1, 0.15) is 11.6 Å². The fourth-order valence-electron chi connectivity index (χ4n) is 8.54. The summed E-state index contributed by atoms with van der Waals surface area (Å²) in [6.45, 7) is 26.3. The Kier molecular flexibility index (Phi) is 11.0. The maximum absolute atomic E-state index is 15.1. The number of rotatable bonds is 6. The molecule has 0 N–H and O–H groups in total. The molecule has 7 heteroatoms. The second-order valence-corrected chi connectivity index (χ2v) is 21.6. The monoisotopic (exact) mass is 1060 g/mol. The molecule has 1 aliphatic rings. The van der Waals surface area contributed by atoms with Gasteiger partial charge in [-0.15, -0.1) is 48.1 Å². The second-order valence-electron chi connectivity index (χ2n) is 21.6. The van der Waals surface area contributed by atoms with E-state index in [1.807, 2.05) is 54.6 Å². The van der Waals surface area contributed by atoms with Gasteiger partial charge in [-0.25, -0.2) is 9.37 Å². The number of benzene rings is 6. The molecule has 9 rings (SSSR count). The maximum atomic E-state index is 15.1. The fourth-order valence-corrected chi connectivity index (χ4v) is 8.54. The predicted molar refractivity (Wildman–Crippen MR) is 269 cm³/mol. The fraction of sp³-hybridized carbons (Fsp3) is 0.288. The molecule has 1 aliphatic heterocycles. The van der Waals surface area contributed by atoms with Gasteiger partial charge in [-0.2, -0.15) is 12.1 Å². The van der Waals surface area contributed by atoms with Crippen LogP contribution in [0.15, 0.2) is 121 Å². The molecule has 0 amide bonds. The molecule has 342 valence electrons. The SMILES string of the molecule is [2H]C([2H])([2H])c1cc(-n2c3[c-]c(Oc4[c-]c(N5[CH-]N(c6cc(C(C)(C)C)cc(C(C)(C)C)c6)c6cc(C(C)(C)C)ccc65)ccc4)ccc3c3ccc(F)cc32)ncc1-c1cccc(C(C)(C)C)c1.[Pt]. The number of aromatic nitrogens is 2. The van der Waals surface area contributed by atoms with Crippen LogP contribution in [0.5, 0.6) is 11.5 Å². The molecule has 5 nitrogen and oxygen atoms in total. The van der Waals surface area contributed by atoms with Crippen LogP contribution in [0, 0.1) is 31.5 Å². The molecule has 2 aromatic heterocycles. The molecule has 0 radical (unpaired) electrons. The standard InChI is InChI=1S/C59H60FN4O.Pt/c1-37-26-55(61-35-50(37)38-16-14-17-39(27-38)56(2,3)4)64-52-32-43(60)21-23-48(52)49-24-22-47(34-53(49)64)65-46-19-15-18-44(33-46)62-36-63(54-31-40(57(5,6)7)20-25-51(54)62)45-29-41(58(8,9)10)28-42(30-45)59(11,12)13;/h14-32,35-36H,1-13H3;/q-3;/i1D3;. The zero-order valence-electron chi connectivity index (χ0n) is 43.0. The number of pyridine rings is 1. The summed E-state index contributed by atoms with van der Waals surface area (Å²) in [6.07, 6.45) is 1.61. The molecule has 0 fully saturated rings. The van der Waals surface area contributed by atoms with E-state index < -0.39 is 12.7 Å². The second kappa shape index (κ2) is 16.9. The number of halogens is 1. The van der Waals surface area contributed by atoms with Gasteiger partial charge in [0.25, 0.3) is 0 Å². The van der Waals surface area contributed by atoms with E-state index in [1.54, 1.807) is 22.9 Å². The molecule has 0 spiro atoms. The Morgan fingerprint density at radius 2 is 1.26 bits per heavy atom. The van der Waals surface area contributed by atoms with E-state index in [9.17, 15) is 0 Å². The van der Waals surface area contributed by atoms with E-state index in [0.29, 0.717) is 33.9 Å². The minimum absolute atomic E-state index is 0. The van der Waals surface area contributed by atoms with Crippen LogP contribution in [-0.2, 0) is 42.7 Å². The third-order valence-corrected chi connectivity index (χ3v) is 12.5. The molecule has 0 aliphatic carbocycles. The van der Waals surface area contributed by atoms with Crippen LogP contribution < -0.4 is 14.5 Å². The number of aryl methyl sites for hydroxylation is 1. The Bertz CT molecular complexity index is 3220. The molecule has 3 heterocycles. The maximum Gasteiger partial charge on any atom is 0.135 e. The van der Waals surface area contributed by atoms with Gasteiger partial charge in [0.15, 0.2) is 0 Å². The smallest absolute Gasteiger partial charge is 0.135 e. The van der Waals surface area contributed by atoms with Crippen molar-refractivity contribution in [2.75, 3.05) is 9.80 Å². The Balaban J connectivity index is 0.00000642. The zero-order valence-corrected chi connectivity index (χ0v) is 42.3. The van der Waals surface area contributed by atoms with E-state index in [0.717, 1.165) is 44.6 Å². The normalized spacial score (nSPS) is 14.2. The van der Waals surface area contributed by atoms with Crippen molar-refractivity contribution in [3.05, 3.63) is 174 Å². The molecular formula is C59H60FN4OPt-3. The quantitative estimate of drug-likeness (QED) is 0.155. The molecule has 0 atom stereocenters. The summed E-state index contributed by atoms with van der Waals surface area (Å²) < 4.78 is 49.4. The van der Waals surface area contributed by atoms with E-state index in [4.69, 9.17) is 13.8 Å². The third kappa shape index (κ3) is 8.94. The van der Waals surface area contributed by atoms with Crippen LogP contribution >= 0.6 is 0 Å². The Labute approximate surface area is 410 Å². The average Bonchev–Trinajstić information content (AvgIpc) is 3.80. The van der Waals surface area contributed by atoms with Crippen LogP contribution in [0.25, 0.3) is 38.8 Å².